The van der Waals surface area contributed by atoms with Crippen LogP contribution in [0.2, 0.25) is 0 Å². The van der Waals surface area contributed by atoms with Gasteiger partial charge in [0.25, 0.3) is 0 Å². The highest BCUT2D eigenvalue weighted by Gasteiger charge is 2.20. The SMILES string of the molecule is CCCCCOc1ccc(CNC2CCC(C)C2)cc1. The standard InChI is InChI=1S/C18H29NO/c1-3-4-5-12-20-18-10-7-16(8-11-18)14-19-17-9-6-15(2)13-17/h7-8,10-11,15,17,19H,3-6,9,12-14H2,1-2H3. The van der Waals surface area contributed by atoms with Crippen LogP contribution in [0.1, 0.15) is 57.9 Å². The zero-order chi connectivity index (χ0) is 14.2. The molecule has 2 rings (SSSR count). The van der Waals surface area contributed by atoms with Gasteiger partial charge in [0.05, 0.1) is 6.61 Å². The molecule has 0 amide bonds. The molecule has 1 aliphatic rings. The minimum Gasteiger partial charge on any atom is -0.494 e. The molecule has 1 aliphatic carbocycles. The molecule has 1 aromatic carbocycles. The van der Waals surface area contributed by atoms with Crippen molar-refractivity contribution in [1.82, 2.24) is 5.32 Å². The first-order valence-electron chi connectivity index (χ1n) is 8.23. The number of hydrogen-bond acceptors (Lipinski definition) is 2. The van der Waals surface area contributed by atoms with E-state index in [-0.39, 0.29) is 0 Å². The Hall–Kier alpha value is -1.02. The third-order valence-electron chi connectivity index (χ3n) is 4.23. The highest BCUT2D eigenvalue weighted by Crippen LogP contribution is 2.24. The molecular weight excluding hydrogens is 246 g/mol. The van der Waals surface area contributed by atoms with Crippen molar-refractivity contribution in [2.24, 2.45) is 5.92 Å². The van der Waals surface area contributed by atoms with E-state index in [1.165, 1.54) is 37.7 Å². The van der Waals surface area contributed by atoms with E-state index in [1.807, 2.05) is 0 Å². The van der Waals surface area contributed by atoms with Gasteiger partial charge in [-0.05, 0) is 49.3 Å². The minimum atomic E-state index is 0.718. The Morgan fingerprint density at radius 3 is 2.60 bits per heavy atom. The summed E-state index contributed by atoms with van der Waals surface area (Å²) in [6.07, 6.45) is 7.69. The van der Waals surface area contributed by atoms with Gasteiger partial charge in [-0.2, -0.15) is 0 Å². The van der Waals surface area contributed by atoms with Crippen molar-refractivity contribution in [2.45, 2.75) is 65.0 Å². The number of nitrogens with one attached hydrogen (secondary N) is 1. The monoisotopic (exact) mass is 275 g/mol. The molecule has 2 heteroatoms. The second-order valence-corrected chi connectivity index (χ2v) is 6.20. The Labute approximate surface area is 123 Å². The summed E-state index contributed by atoms with van der Waals surface area (Å²) in [6, 6.07) is 9.27. The third kappa shape index (κ3) is 5.16. The van der Waals surface area contributed by atoms with Crippen LogP contribution in [0.15, 0.2) is 24.3 Å². The molecule has 0 heterocycles. The summed E-state index contributed by atoms with van der Waals surface area (Å²) in [6.45, 7) is 6.39. The quantitative estimate of drug-likeness (QED) is 0.704. The molecule has 2 nitrogen and oxygen atoms in total. The smallest absolute Gasteiger partial charge is 0.119 e. The van der Waals surface area contributed by atoms with Gasteiger partial charge in [0.1, 0.15) is 5.75 Å². The zero-order valence-electron chi connectivity index (χ0n) is 13.0. The Morgan fingerprint density at radius 1 is 1.15 bits per heavy atom. The maximum Gasteiger partial charge on any atom is 0.119 e. The second-order valence-electron chi connectivity index (χ2n) is 6.20. The van der Waals surface area contributed by atoms with Gasteiger partial charge >= 0.3 is 0 Å². The summed E-state index contributed by atoms with van der Waals surface area (Å²) in [5, 5.41) is 3.67. The van der Waals surface area contributed by atoms with E-state index in [9.17, 15) is 0 Å². The van der Waals surface area contributed by atoms with Crippen molar-refractivity contribution >= 4 is 0 Å². The van der Waals surface area contributed by atoms with Gasteiger partial charge < -0.3 is 10.1 Å². The van der Waals surface area contributed by atoms with Gasteiger partial charge in [-0.15, -0.1) is 0 Å². The van der Waals surface area contributed by atoms with E-state index >= 15 is 0 Å². The molecular formula is C18H29NO. The van der Waals surface area contributed by atoms with Crippen molar-refractivity contribution in [3.63, 3.8) is 0 Å². The summed E-state index contributed by atoms with van der Waals surface area (Å²) >= 11 is 0. The van der Waals surface area contributed by atoms with Gasteiger partial charge in [0.2, 0.25) is 0 Å². The van der Waals surface area contributed by atoms with Crippen LogP contribution in [0.3, 0.4) is 0 Å². The van der Waals surface area contributed by atoms with E-state index in [0.717, 1.165) is 37.3 Å². The van der Waals surface area contributed by atoms with E-state index in [0.29, 0.717) is 0 Å². The van der Waals surface area contributed by atoms with Crippen molar-refractivity contribution in [2.75, 3.05) is 6.61 Å². The van der Waals surface area contributed by atoms with Crippen LogP contribution < -0.4 is 10.1 Å². The fourth-order valence-electron chi connectivity index (χ4n) is 2.90. The van der Waals surface area contributed by atoms with Gasteiger partial charge in [0, 0.05) is 12.6 Å². The molecule has 1 saturated carbocycles. The fraction of sp³-hybridized carbons (Fsp3) is 0.667. The summed E-state index contributed by atoms with van der Waals surface area (Å²) in [5.74, 6) is 1.89. The highest BCUT2D eigenvalue weighted by molar-refractivity contribution is 5.27. The second kappa shape index (κ2) is 8.31. The van der Waals surface area contributed by atoms with Crippen LogP contribution in [0.5, 0.6) is 5.75 Å². The molecule has 20 heavy (non-hydrogen) atoms. The lowest BCUT2D eigenvalue weighted by Crippen LogP contribution is -2.25. The molecule has 0 radical (unpaired) electrons. The van der Waals surface area contributed by atoms with E-state index in [4.69, 9.17) is 4.74 Å². The predicted octanol–water partition coefficient (Wildman–Crippen LogP) is 4.53. The largest absolute Gasteiger partial charge is 0.494 e. The van der Waals surface area contributed by atoms with Crippen LogP contribution in [0.25, 0.3) is 0 Å². The van der Waals surface area contributed by atoms with Crippen molar-refractivity contribution in [3.05, 3.63) is 29.8 Å². The van der Waals surface area contributed by atoms with E-state index in [1.54, 1.807) is 0 Å². The van der Waals surface area contributed by atoms with Gasteiger partial charge in [0.15, 0.2) is 0 Å². The zero-order valence-corrected chi connectivity index (χ0v) is 13.0. The number of ether oxygens (including phenoxy) is 1. The fourth-order valence-corrected chi connectivity index (χ4v) is 2.90. The molecule has 1 fully saturated rings. The summed E-state index contributed by atoms with van der Waals surface area (Å²) in [7, 11) is 0. The molecule has 2 unspecified atom stereocenters. The number of rotatable bonds is 8. The Balaban J connectivity index is 1.68. The van der Waals surface area contributed by atoms with Crippen molar-refractivity contribution < 1.29 is 4.74 Å². The summed E-state index contributed by atoms with van der Waals surface area (Å²) in [4.78, 5) is 0. The number of benzene rings is 1. The molecule has 0 saturated heterocycles. The minimum absolute atomic E-state index is 0.718. The first-order chi connectivity index (χ1) is 9.78. The average molecular weight is 275 g/mol. The lowest BCUT2D eigenvalue weighted by Gasteiger charge is -2.13. The van der Waals surface area contributed by atoms with Crippen molar-refractivity contribution in [3.8, 4) is 5.75 Å². The van der Waals surface area contributed by atoms with Gasteiger partial charge in [-0.25, -0.2) is 0 Å². The first kappa shape index (κ1) is 15.4. The van der Waals surface area contributed by atoms with E-state index in [2.05, 4.69) is 43.4 Å². The summed E-state index contributed by atoms with van der Waals surface area (Å²) in [5.41, 5.74) is 1.35. The molecule has 0 bridgehead atoms. The normalized spacial score (nSPS) is 22.1. The van der Waals surface area contributed by atoms with Crippen molar-refractivity contribution in [1.29, 1.82) is 0 Å². The molecule has 1 aromatic rings. The van der Waals surface area contributed by atoms with Crippen LogP contribution in [-0.2, 0) is 6.54 Å². The van der Waals surface area contributed by atoms with Gasteiger partial charge in [-0.3, -0.25) is 0 Å². The third-order valence-corrected chi connectivity index (χ3v) is 4.23. The number of unbranched alkanes of at least 4 members (excludes halogenated alkanes) is 2. The lowest BCUT2D eigenvalue weighted by atomic mass is 10.1. The molecule has 0 spiro atoms. The van der Waals surface area contributed by atoms with Crippen LogP contribution >= 0.6 is 0 Å². The highest BCUT2D eigenvalue weighted by atomic mass is 16.5. The first-order valence-corrected chi connectivity index (χ1v) is 8.23. The Morgan fingerprint density at radius 2 is 1.95 bits per heavy atom. The van der Waals surface area contributed by atoms with Crippen LogP contribution in [-0.4, -0.2) is 12.6 Å². The Bertz CT molecular complexity index is 374. The average Bonchev–Trinajstić information content (AvgIpc) is 2.88. The van der Waals surface area contributed by atoms with Crippen LogP contribution in [0, 0.1) is 5.92 Å². The lowest BCUT2D eigenvalue weighted by molar-refractivity contribution is 0.306. The molecule has 0 aliphatic heterocycles. The molecule has 1 N–H and O–H groups in total. The number of hydrogen-bond donors (Lipinski definition) is 1. The summed E-state index contributed by atoms with van der Waals surface area (Å²) < 4.78 is 5.73. The van der Waals surface area contributed by atoms with Crippen LogP contribution in [0.4, 0.5) is 0 Å². The molecule has 0 aromatic heterocycles. The topological polar surface area (TPSA) is 21.3 Å². The molecule has 2 atom stereocenters. The Kier molecular flexibility index (Phi) is 6.38. The van der Waals surface area contributed by atoms with Gasteiger partial charge in [-0.1, -0.05) is 38.8 Å². The maximum atomic E-state index is 5.73. The van der Waals surface area contributed by atoms with E-state index < -0.39 is 0 Å². The molecule has 112 valence electrons. The predicted molar refractivity (Wildman–Crippen MR) is 85.1 cm³/mol. The maximum absolute atomic E-state index is 5.73.